The molecule has 1 amide bonds. The number of hydrogen-bond acceptors (Lipinski definition) is 4. The van der Waals surface area contributed by atoms with Gasteiger partial charge in [-0.25, -0.2) is 8.42 Å². The Bertz CT molecular complexity index is 683. The smallest absolute Gasteiger partial charge is 0.222 e. The fourth-order valence-corrected chi connectivity index (χ4v) is 4.58. The van der Waals surface area contributed by atoms with Gasteiger partial charge in [-0.05, 0) is 31.4 Å². The third-order valence-corrected chi connectivity index (χ3v) is 6.58. The van der Waals surface area contributed by atoms with Crippen LogP contribution in [-0.2, 0) is 14.8 Å². The van der Waals surface area contributed by atoms with Gasteiger partial charge in [0, 0.05) is 32.6 Å². The summed E-state index contributed by atoms with van der Waals surface area (Å²) >= 11 is 0. The number of aryl methyl sites for hydroxylation is 1. The van der Waals surface area contributed by atoms with E-state index in [4.69, 9.17) is 4.74 Å². The predicted octanol–water partition coefficient (Wildman–Crippen LogP) is 2.43. The van der Waals surface area contributed by atoms with Crippen LogP contribution >= 0.6 is 0 Å². The zero-order valence-electron chi connectivity index (χ0n) is 15.8. The molecule has 0 aromatic heterocycles. The topological polar surface area (TPSA) is 66.9 Å². The van der Waals surface area contributed by atoms with Crippen molar-refractivity contribution in [3.63, 3.8) is 0 Å². The van der Waals surface area contributed by atoms with Crippen LogP contribution in [0.15, 0.2) is 24.3 Å². The van der Waals surface area contributed by atoms with Crippen LogP contribution in [-0.4, -0.2) is 62.1 Å². The highest BCUT2D eigenvalue weighted by Gasteiger charge is 2.28. The Morgan fingerprint density at radius 1 is 1.12 bits per heavy atom. The van der Waals surface area contributed by atoms with Crippen molar-refractivity contribution < 1.29 is 17.9 Å². The van der Waals surface area contributed by atoms with Crippen LogP contribution in [0.5, 0.6) is 5.75 Å². The van der Waals surface area contributed by atoms with Crippen LogP contribution in [0.2, 0.25) is 0 Å². The number of amides is 1. The molecule has 0 bridgehead atoms. The molecule has 0 spiro atoms. The maximum Gasteiger partial charge on any atom is 0.222 e. The van der Waals surface area contributed by atoms with Crippen molar-refractivity contribution >= 4 is 15.9 Å². The van der Waals surface area contributed by atoms with E-state index in [2.05, 4.69) is 0 Å². The van der Waals surface area contributed by atoms with Gasteiger partial charge >= 0.3 is 0 Å². The van der Waals surface area contributed by atoms with E-state index in [0.29, 0.717) is 52.0 Å². The van der Waals surface area contributed by atoms with Gasteiger partial charge in [-0.2, -0.15) is 4.31 Å². The quantitative estimate of drug-likeness (QED) is 0.615. The van der Waals surface area contributed by atoms with E-state index < -0.39 is 10.0 Å². The van der Waals surface area contributed by atoms with Crippen LogP contribution < -0.4 is 4.74 Å². The zero-order chi connectivity index (χ0) is 19.0. The van der Waals surface area contributed by atoms with E-state index in [1.165, 1.54) is 4.31 Å². The molecule has 1 fully saturated rings. The van der Waals surface area contributed by atoms with Crippen molar-refractivity contribution in [3.05, 3.63) is 29.8 Å². The lowest BCUT2D eigenvalue weighted by atomic mass is 10.2. The summed E-state index contributed by atoms with van der Waals surface area (Å²) in [5.41, 5.74) is 1.08. The lowest BCUT2D eigenvalue weighted by molar-refractivity contribution is -0.132. The first-order valence-corrected chi connectivity index (χ1v) is 11.0. The average Bonchev–Trinajstić information content (AvgIpc) is 2.65. The maximum atomic E-state index is 12.3. The van der Waals surface area contributed by atoms with Gasteiger partial charge in [0.1, 0.15) is 5.75 Å². The van der Waals surface area contributed by atoms with Crippen molar-refractivity contribution in [2.24, 2.45) is 0 Å². The molecule has 6 nitrogen and oxygen atoms in total. The molecular weight excluding hydrogens is 352 g/mol. The van der Waals surface area contributed by atoms with Crippen molar-refractivity contribution in [1.29, 1.82) is 0 Å². The van der Waals surface area contributed by atoms with Crippen LogP contribution in [0.1, 0.15) is 38.2 Å². The predicted molar refractivity (Wildman–Crippen MR) is 103 cm³/mol. The first-order valence-electron chi connectivity index (χ1n) is 9.38. The molecule has 1 aromatic rings. The lowest BCUT2D eigenvalue weighted by Crippen LogP contribution is -2.51. The van der Waals surface area contributed by atoms with Crippen LogP contribution in [0.4, 0.5) is 0 Å². The van der Waals surface area contributed by atoms with Gasteiger partial charge in [-0.15, -0.1) is 0 Å². The molecule has 1 aliphatic heterocycles. The number of unbranched alkanes of at least 4 members (excludes halogenated alkanes) is 1. The van der Waals surface area contributed by atoms with E-state index >= 15 is 0 Å². The molecule has 26 heavy (non-hydrogen) atoms. The fourth-order valence-electron chi connectivity index (χ4n) is 2.95. The molecule has 7 heteroatoms. The second-order valence-corrected chi connectivity index (χ2v) is 8.76. The van der Waals surface area contributed by atoms with Crippen LogP contribution in [0, 0.1) is 6.92 Å². The minimum absolute atomic E-state index is 0.0731. The van der Waals surface area contributed by atoms with E-state index in [9.17, 15) is 13.2 Å². The standard InChI is InChI=1S/C19H30N2O4S/c1-3-4-16-26(23,24)21-13-11-20(12-14-21)19(22)10-7-15-25-18-9-6-5-8-17(18)2/h5-6,8-9H,3-4,7,10-16H2,1-2H3. The second-order valence-electron chi connectivity index (χ2n) is 6.67. The highest BCUT2D eigenvalue weighted by Crippen LogP contribution is 2.17. The highest BCUT2D eigenvalue weighted by molar-refractivity contribution is 7.89. The Hall–Kier alpha value is -1.60. The highest BCUT2D eigenvalue weighted by atomic mass is 32.2. The summed E-state index contributed by atoms with van der Waals surface area (Å²) in [4.78, 5) is 14.1. The Morgan fingerprint density at radius 3 is 2.46 bits per heavy atom. The number of nitrogens with zero attached hydrogens (tertiary/aromatic N) is 2. The number of hydrogen-bond donors (Lipinski definition) is 0. The Labute approximate surface area is 157 Å². The van der Waals surface area contributed by atoms with Gasteiger partial charge < -0.3 is 9.64 Å². The lowest BCUT2D eigenvalue weighted by Gasteiger charge is -2.34. The van der Waals surface area contributed by atoms with E-state index in [0.717, 1.165) is 17.7 Å². The number of sulfonamides is 1. The van der Waals surface area contributed by atoms with E-state index in [-0.39, 0.29) is 11.7 Å². The number of para-hydroxylation sites is 1. The summed E-state index contributed by atoms with van der Waals surface area (Å²) in [6, 6.07) is 7.82. The normalized spacial score (nSPS) is 15.8. The van der Waals surface area contributed by atoms with Crippen molar-refractivity contribution in [2.45, 2.75) is 39.5 Å². The van der Waals surface area contributed by atoms with Crippen LogP contribution in [0.25, 0.3) is 0 Å². The van der Waals surface area contributed by atoms with E-state index in [1.54, 1.807) is 4.90 Å². The van der Waals surface area contributed by atoms with Gasteiger partial charge in [-0.3, -0.25) is 4.79 Å². The number of carbonyl (C=O) groups is 1. The van der Waals surface area contributed by atoms with Crippen LogP contribution in [0.3, 0.4) is 0 Å². The van der Waals surface area contributed by atoms with Crippen molar-refractivity contribution in [3.8, 4) is 5.75 Å². The van der Waals surface area contributed by atoms with Gasteiger partial charge in [0.2, 0.25) is 15.9 Å². The number of ether oxygens (including phenoxy) is 1. The molecule has 0 atom stereocenters. The largest absolute Gasteiger partial charge is 0.493 e. The first kappa shape index (κ1) is 20.7. The molecule has 1 aromatic carbocycles. The number of benzene rings is 1. The summed E-state index contributed by atoms with van der Waals surface area (Å²) in [5, 5.41) is 0. The van der Waals surface area contributed by atoms with Gasteiger partial charge in [0.25, 0.3) is 0 Å². The summed E-state index contributed by atoms with van der Waals surface area (Å²) in [7, 11) is -3.17. The third-order valence-electron chi connectivity index (χ3n) is 4.63. The van der Waals surface area contributed by atoms with Gasteiger partial charge in [0.05, 0.1) is 12.4 Å². The Balaban J connectivity index is 1.69. The molecule has 0 aliphatic carbocycles. The Kier molecular flexibility index (Phi) is 7.90. The molecule has 0 saturated carbocycles. The molecule has 0 radical (unpaired) electrons. The monoisotopic (exact) mass is 382 g/mol. The molecule has 0 N–H and O–H groups in total. The molecule has 1 saturated heterocycles. The molecule has 1 heterocycles. The fraction of sp³-hybridized carbons (Fsp3) is 0.632. The molecule has 2 rings (SSSR count). The number of rotatable bonds is 9. The maximum absolute atomic E-state index is 12.3. The average molecular weight is 383 g/mol. The summed E-state index contributed by atoms with van der Waals surface area (Å²) in [6.07, 6.45) is 2.63. The summed E-state index contributed by atoms with van der Waals surface area (Å²) in [6.45, 7) is 6.23. The summed E-state index contributed by atoms with van der Waals surface area (Å²) < 4.78 is 31.6. The van der Waals surface area contributed by atoms with Gasteiger partial charge in [-0.1, -0.05) is 31.5 Å². The zero-order valence-corrected chi connectivity index (χ0v) is 16.6. The van der Waals surface area contributed by atoms with Crippen molar-refractivity contribution in [2.75, 3.05) is 38.5 Å². The molecule has 146 valence electrons. The van der Waals surface area contributed by atoms with E-state index in [1.807, 2.05) is 38.1 Å². The first-order chi connectivity index (χ1) is 12.4. The summed E-state index contributed by atoms with van der Waals surface area (Å²) in [5.74, 6) is 1.13. The Morgan fingerprint density at radius 2 is 1.81 bits per heavy atom. The second kappa shape index (κ2) is 9.92. The minimum Gasteiger partial charge on any atom is -0.493 e. The minimum atomic E-state index is -3.17. The van der Waals surface area contributed by atoms with Crippen molar-refractivity contribution in [1.82, 2.24) is 9.21 Å². The third kappa shape index (κ3) is 5.99. The number of carbonyl (C=O) groups excluding carboxylic acids is 1. The number of piperazine rings is 1. The molecule has 1 aliphatic rings. The molecule has 0 unspecified atom stereocenters. The van der Waals surface area contributed by atoms with Gasteiger partial charge in [0.15, 0.2) is 0 Å². The SMILES string of the molecule is CCCCS(=O)(=O)N1CCN(C(=O)CCCOc2ccccc2C)CC1. The molecular formula is C19H30N2O4S.